The summed E-state index contributed by atoms with van der Waals surface area (Å²) in [6.45, 7) is 0. The minimum absolute atomic E-state index is 0.507. The Morgan fingerprint density at radius 1 is 0.400 bits per heavy atom. The van der Waals surface area contributed by atoms with Crippen LogP contribution in [0.5, 0.6) is 0 Å². The zero-order chi connectivity index (χ0) is 29.8. The van der Waals surface area contributed by atoms with Gasteiger partial charge in [-0.05, 0) is 78.2 Å². The van der Waals surface area contributed by atoms with Gasteiger partial charge in [0.1, 0.15) is 0 Å². The lowest BCUT2D eigenvalue weighted by atomic mass is 9.58. The summed E-state index contributed by atoms with van der Waals surface area (Å²) in [5.41, 5.74) is 11.9. The first-order valence-electron chi connectivity index (χ1n) is 15.6. The van der Waals surface area contributed by atoms with Crippen LogP contribution in [0, 0.1) is 0 Å². The topological polar surface area (TPSA) is 12.9 Å². The first kappa shape index (κ1) is 25.7. The van der Waals surface area contributed by atoms with Crippen molar-refractivity contribution < 1.29 is 0 Å². The first-order chi connectivity index (χ1) is 22.4. The number of pyridine rings is 1. The molecule has 0 bridgehead atoms. The van der Waals surface area contributed by atoms with Crippen LogP contribution in [-0.2, 0) is 5.41 Å². The third kappa shape index (κ3) is 3.71. The number of rotatable bonds is 4. The Morgan fingerprint density at radius 2 is 0.978 bits per heavy atom. The molecule has 0 saturated carbocycles. The van der Waals surface area contributed by atoms with Crippen LogP contribution in [0.25, 0.3) is 55.1 Å². The number of fused-ring (bicyclic) bond motifs is 4. The summed E-state index contributed by atoms with van der Waals surface area (Å²) < 4.78 is 0. The second kappa shape index (κ2) is 10.1. The van der Waals surface area contributed by atoms with E-state index in [1.807, 2.05) is 18.3 Å². The molecule has 0 fully saturated rings. The Balaban J connectivity index is 1.46. The fourth-order valence-corrected chi connectivity index (χ4v) is 7.82. The number of hydrogen-bond donors (Lipinski definition) is 0. The lowest BCUT2D eigenvalue weighted by Gasteiger charge is -2.43. The van der Waals surface area contributed by atoms with Crippen LogP contribution in [0.2, 0.25) is 0 Å². The maximum atomic E-state index is 4.59. The average molecular weight is 572 g/mol. The molecule has 1 nitrogen and oxygen atoms in total. The van der Waals surface area contributed by atoms with Crippen LogP contribution in [0.4, 0.5) is 0 Å². The summed E-state index contributed by atoms with van der Waals surface area (Å²) in [4.78, 5) is 4.59. The second-order valence-electron chi connectivity index (χ2n) is 11.8. The molecule has 0 amide bonds. The van der Waals surface area contributed by atoms with E-state index in [1.54, 1.807) is 0 Å². The molecule has 0 atom stereocenters. The molecule has 0 unspecified atom stereocenters. The van der Waals surface area contributed by atoms with Crippen LogP contribution < -0.4 is 0 Å². The molecule has 9 rings (SSSR count). The Labute approximate surface area is 263 Å². The Bertz CT molecular complexity index is 2300. The lowest BCUT2D eigenvalue weighted by Crippen LogP contribution is -2.34. The third-order valence-electron chi connectivity index (χ3n) is 9.59. The Hall–Kier alpha value is -5.79. The van der Waals surface area contributed by atoms with Crippen molar-refractivity contribution in [2.75, 3.05) is 0 Å². The molecule has 0 aliphatic heterocycles. The summed E-state index contributed by atoms with van der Waals surface area (Å²) in [5, 5.41) is 5.14. The normalized spacial score (nSPS) is 13.1. The summed E-state index contributed by atoms with van der Waals surface area (Å²) in [6.07, 6.45) is 1.85. The molecule has 1 aliphatic rings. The van der Waals surface area contributed by atoms with Gasteiger partial charge in [0.15, 0.2) is 0 Å². The van der Waals surface area contributed by atoms with E-state index in [2.05, 4.69) is 163 Å². The highest BCUT2D eigenvalue weighted by Gasteiger charge is 2.45. The van der Waals surface area contributed by atoms with Gasteiger partial charge in [-0.25, -0.2) is 0 Å². The van der Waals surface area contributed by atoms with Gasteiger partial charge in [0.05, 0.1) is 11.1 Å². The molecule has 1 heteroatoms. The minimum Gasteiger partial charge on any atom is -0.256 e. The smallest absolute Gasteiger partial charge is 0.0719 e. The fourth-order valence-electron chi connectivity index (χ4n) is 7.82. The Kier molecular flexibility index (Phi) is 5.79. The van der Waals surface area contributed by atoms with Crippen molar-refractivity contribution in [2.45, 2.75) is 5.41 Å². The van der Waals surface area contributed by atoms with Crippen molar-refractivity contribution in [1.82, 2.24) is 4.98 Å². The molecule has 1 heterocycles. The van der Waals surface area contributed by atoms with Gasteiger partial charge in [0.2, 0.25) is 0 Å². The summed E-state index contributed by atoms with van der Waals surface area (Å²) in [7, 11) is 0. The first-order valence-corrected chi connectivity index (χ1v) is 15.6. The van der Waals surface area contributed by atoms with Gasteiger partial charge >= 0.3 is 0 Å². The van der Waals surface area contributed by atoms with Crippen LogP contribution >= 0.6 is 0 Å². The van der Waals surface area contributed by atoms with Crippen molar-refractivity contribution in [1.29, 1.82) is 0 Å². The van der Waals surface area contributed by atoms with E-state index in [9.17, 15) is 0 Å². The van der Waals surface area contributed by atoms with E-state index in [0.717, 1.165) is 11.3 Å². The van der Waals surface area contributed by atoms with Crippen LogP contribution in [0.1, 0.15) is 22.3 Å². The van der Waals surface area contributed by atoms with E-state index in [0.29, 0.717) is 0 Å². The predicted octanol–water partition coefficient (Wildman–Crippen LogP) is 11.1. The molecule has 0 N–H and O–H groups in total. The van der Waals surface area contributed by atoms with Gasteiger partial charge in [-0.15, -0.1) is 0 Å². The molecule has 0 spiro atoms. The molecule has 1 aromatic heterocycles. The molecule has 8 aromatic rings. The highest BCUT2D eigenvalue weighted by molar-refractivity contribution is 6.21. The van der Waals surface area contributed by atoms with Gasteiger partial charge in [-0.2, -0.15) is 0 Å². The van der Waals surface area contributed by atoms with Crippen LogP contribution in [0.3, 0.4) is 0 Å². The summed E-state index contributed by atoms with van der Waals surface area (Å²) in [5.74, 6) is 0. The van der Waals surface area contributed by atoms with E-state index >= 15 is 0 Å². The third-order valence-corrected chi connectivity index (χ3v) is 9.59. The standard InChI is InChI=1S/C44H29N/c1-3-14-32(15-4-1)44(33-16-5-2-6-17-33)39-23-10-9-18-34(39)35-21-13-22-38-41(36-19-7-8-20-37(36)43(44)42(35)38)31-27-25-30(26-28-31)40-24-11-12-29-45-40/h1-29H. The van der Waals surface area contributed by atoms with Crippen molar-refractivity contribution >= 4 is 21.5 Å². The maximum Gasteiger partial charge on any atom is 0.0719 e. The predicted molar refractivity (Wildman–Crippen MR) is 187 cm³/mol. The van der Waals surface area contributed by atoms with Crippen LogP contribution in [0.15, 0.2) is 176 Å². The Morgan fingerprint density at radius 3 is 1.69 bits per heavy atom. The number of aromatic nitrogens is 1. The van der Waals surface area contributed by atoms with Crippen molar-refractivity contribution in [3.05, 3.63) is 198 Å². The molecule has 210 valence electrons. The van der Waals surface area contributed by atoms with E-state index in [-0.39, 0.29) is 0 Å². The monoisotopic (exact) mass is 571 g/mol. The zero-order valence-electron chi connectivity index (χ0n) is 24.7. The lowest BCUT2D eigenvalue weighted by molar-refractivity contribution is 0.757. The van der Waals surface area contributed by atoms with Gasteiger partial charge < -0.3 is 0 Å². The number of hydrogen-bond acceptors (Lipinski definition) is 1. The van der Waals surface area contributed by atoms with Gasteiger partial charge in [0, 0.05) is 11.8 Å². The zero-order valence-corrected chi connectivity index (χ0v) is 24.7. The second-order valence-corrected chi connectivity index (χ2v) is 11.8. The summed E-state index contributed by atoms with van der Waals surface area (Å²) >= 11 is 0. The highest BCUT2D eigenvalue weighted by Crippen LogP contribution is 2.58. The van der Waals surface area contributed by atoms with Gasteiger partial charge in [0.25, 0.3) is 0 Å². The largest absolute Gasteiger partial charge is 0.256 e. The quantitative estimate of drug-likeness (QED) is 0.192. The van der Waals surface area contributed by atoms with E-state index in [4.69, 9.17) is 0 Å². The molecule has 0 saturated heterocycles. The highest BCUT2D eigenvalue weighted by atomic mass is 14.7. The molecule has 0 radical (unpaired) electrons. The van der Waals surface area contributed by atoms with Crippen molar-refractivity contribution in [3.8, 4) is 33.5 Å². The van der Waals surface area contributed by atoms with Crippen LogP contribution in [-0.4, -0.2) is 4.98 Å². The van der Waals surface area contributed by atoms with E-state index < -0.39 is 5.41 Å². The van der Waals surface area contributed by atoms with E-state index in [1.165, 1.54) is 66.1 Å². The van der Waals surface area contributed by atoms with Gasteiger partial charge in [-0.3, -0.25) is 4.98 Å². The average Bonchev–Trinajstić information content (AvgIpc) is 3.13. The maximum absolute atomic E-state index is 4.59. The SMILES string of the molecule is c1ccc(C2(c3ccccc3)c3ccccc3-c3cccc4c(-c5ccc(-c6ccccn6)cc5)c5ccccc5c2c34)cc1. The fraction of sp³-hybridized carbons (Fsp3) is 0.0227. The molecular weight excluding hydrogens is 542 g/mol. The molecule has 1 aliphatic carbocycles. The summed E-state index contributed by atoms with van der Waals surface area (Å²) in [6, 6.07) is 62.1. The molecule has 45 heavy (non-hydrogen) atoms. The van der Waals surface area contributed by atoms with Crippen molar-refractivity contribution in [2.24, 2.45) is 0 Å². The van der Waals surface area contributed by atoms with Crippen molar-refractivity contribution in [3.63, 3.8) is 0 Å². The number of nitrogens with zero attached hydrogens (tertiary/aromatic N) is 1. The minimum atomic E-state index is -0.507. The molecular formula is C44H29N. The van der Waals surface area contributed by atoms with Gasteiger partial charge in [-0.1, -0.05) is 158 Å². The molecule has 7 aromatic carbocycles. The number of benzene rings is 7.